The van der Waals surface area contributed by atoms with Crippen LogP contribution in [0.1, 0.15) is 49.5 Å². The van der Waals surface area contributed by atoms with Gasteiger partial charge in [-0.05, 0) is 44.9 Å². The highest BCUT2D eigenvalue weighted by molar-refractivity contribution is 5.97. The minimum absolute atomic E-state index is 0.0200. The van der Waals surface area contributed by atoms with Crippen LogP contribution in [0.3, 0.4) is 0 Å². The van der Waals surface area contributed by atoms with E-state index in [-0.39, 0.29) is 30.7 Å². The molecule has 0 bridgehead atoms. The first-order chi connectivity index (χ1) is 16.2. The number of benzene rings is 1. The van der Waals surface area contributed by atoms with Gasteiger partial charge in [0.1, 0.15) is 29.3 Å². The Labute approximate surface area is 199 Å². The summed E-state index contributed by atoms with van der Waals surface area (Å²) in [4.78, 5) is 25.9. The SMILES string of the molecule is COCOc1cc2c(c(OCOC)c1)C(=O)O[C@@H](C)C/C=C\C(=O)[C@H]1OC(C)(C)O[C@H]1CC=C2. The Balaban J connectivity index is 2.03. The largest absolute Gasteiger partial charge is 0.467 e. The number of hydrogen-bond donors (Lipinski definition) is 0. The second kappa shape index (κ2) is 11.6. The summed E-state index contributed by atoms with van der Waals surface area (Å²) < 4.78 is 38.8. The molecule has 0 aliphatic carbocycles. The Hall–Kier alpha value is -2.72. The molecule has 9 heteroatoms. The third-order valence-electron chi connectivity index (χ3n) is 5.17. The first kappa shape index (κ1) is 25.9. The maximum atomic E-state index is 13.1. The molecule has 0 aromatic heterocycles. The Morgan fingerprint density at radius 1 is 0.971 bits per heavy atom. The predicted octanol–water partition coefficient (Wildman–Crippen LogP) is 3.65. The second-order valence-corrected chi connectivity index (χ2v) is 8.48. The summed E-state index contributed by atoms with van der Waals surface area (Å²) in [6.07, 6.45) is 5.76. The fourth-order valence-corrected chi connectivity index (χ4v) is 3.75. The first-order valence-corrected chi connectivity index (χ1v) is 11.1. The van der Waals surface area contributed by atoms with Gasteiger partial charge in [-0.3, -0.25) is 4.79 Å². The Morgan fingerprint density at radius 2 is 1.68 bits per heavy atom. The van der Waals surface area contributed by atoms with Crippen LogP contribution in [0.25, 0.3) is 6.08 Å². The summed E-state index contributed by atoms with van der Waals surface area (Å²) in [5, 5.41) is 0. The number of hydrogen-bond acceptors (Lipinski definition) is 9. The number of carbonyl (C=O) groups excluding carboxylic acids is 2. The van der Waals surface area contributed by atoms with Gasteiger partial charge in [-0.1, -0.05) is 18.2 Å². The number of esters is 1. The van der Waals surface area contributed by atoms with Gasteiger partial charge in [-0.2, -0.15) is 0 Å². The zero-order valence-corrected chi connectivity index (χ0v) is 20.2. The van der Waals surface area contributed by atoms with Crippen molar-refractivity contribution in [1.82, 2.24) is 0 Å². The van der Waals surface area contributed by atoms with Crippen molar-refractivity contribution in [2.45, 2.75) is 57.7 Å². The van der Waals surface area contributed by atoms with Crippen molar-refractivity contribution in [3.05, 3.63) is 41.5 Å². The Kier molecular flexibility index (Phi) is 8.84. The number of fused-ring (bicyclic) bond motifs is 2. The van der Waals surface area contributed by atoms with E-state index in [4.69, 9.17) is 33.2 Å². The molecule has 9 nitrogen and oxygen atoms in total. The number of ketones is 1. The predicted molar refractivity (Wildman–Crippen MR) is 123 cm³/mol. The van der Waals surface area contributed by atoms with Gasteiger partial charge in [0.2, 0.25) is 0 Å². The van der Waals surface area contributed by atoms with E-state index < -0.39 is 30.1 Å². The minimum Gasteiger partial charge on any atom is -0.467 e. The molecule has 34 heavy (non-hydrogen) atoms. The Bertz CT molecular complexity index is 935. The molecular weight excluding hydrogens is 444 g/mol. The lowest BCUT2D eigenvalue weighted by Crippen LogP contribution is -2.30. The first-order valence-electron chi connectivity index (χ1n) is 11.1. The average Bonchev–Trinajstić information content (AvgIpc) is 3.09. The van der Waals surface area contributed by atoms with Gasteiger partial charge in [0.05, 0.1) is 6.10 Å². The molecule has 1 saturated heterocycles. The molecular formula is C25H32O9. The number of methoxy groups -OCH3 is 2. The number of cyclic esters (lactones) is 1. The Morgan fingerprint density at radius 3 is 2.41 bits per heavy atom. The highest BCUT2D eigenvalue weighted by Gasteiger charge is 2.43. The summed E-state index contributed by atoms with van der Waals surface area (Å²) in [6.45, 7) is 5.25. The fourth-order valence-electron chi connectivity index (χ4n) is 3.75. The fraction of sp³-hybridized carbons (Fsp3) is 0.520. The summed E-state index contributed by atoms with van der Waals surface area (Å²) in [5.41, 5.74) is 0.757. The van der Waals surface area contributed by atoms with Crippen LogP contribution >= 0.6 is 0 Å². The topological polar surface area (TPSA) is 98.8 Å². The van der Waals surface area contributed by atoms with Crippen LogP contribution in [-0.4, -0.2) is 63.7 Å². The molecule has 2 heterocycles. The van der Waals surface area contributed by atoms with Crippen molar-refractivity contribution < 1.29 is 42.7 Å². The van der Waals surface area contributed by atoms with Crippen LogP contribution in [0.5, 0.6) is 11.5 Å². The van der Waals surface area contributed by atoms with Crippen molar-refractivity contribution in [2.75, 3.05) is 27.8 Å². The lowest BCUT2D eigenvalue weighted by atomic mass is 10.0. The van der Waals surface area contributed by atoms with E-state index in [9.17, 15) is 9.59 Å². The molecule has 0 unspecified atom stereocenters. The third-order valence-corrected chi connectivity index (χ3v) is 5.17. The molecule has 0 radical (unpaired) electrons. The van der Waals surface area contributed by atoms with Gasteiger partial charge < -0.3 is 33.2 Å². The van der Waals surface area contributed by atoms with Gasteiger partial charge in [0.15, 0.2) is 25.2 Å². The van der Waals surface area contributed by atoms with Crippen molar-refractivity contribution in [1.29, 1.82) is 0 Å². The number of ether oxygens (including phenoxy) is 7. The molecule has 2 aliphatic rings. The van der Waals surface area contributed by atoms with Crippen LogP contribution in [0.2, 0.25) is 0 Å². The summed E-state index contributed by atoms with van der Waals surface area (Å²) >= 11 is 0. The molecule has 0 N–H and O–H groups in total. The number of rotatable bonds is 6. The highest BCUT2D eigenvalue weighted by Crippen LogP contribution is 2.34. The molecule has 2 aliphatic heterocycles. The average molecular weight is 477 g/mol. The van der Waals surface area contributed by atoms with Gasteiger partial charge in [0.25, 0.3) is 0 Å². The summed E-state index contributed by atoms with van der Waals surface area (Å²) in [6, 6.07) is 3.28. The highest BCUT2D eigenvalue weighted by atomic mass is 16.8. The maximum absolute atomic E-state index is 13.1. The lowest BCUT2D eigenvalue weighted by Gasteiger charge is -2.18. The molecule has 1 aromatic carbocycles. The van der Waals surface area contributed by atoms with Gasteiger partial charge in [-0.25, -0.2) is 4.79 Å². The quantitative estimate of drug-likeness (QED) is 0.450. The van der Waals surface area contributed by atoms with Gasteiger partial charge >= 0.3 is 5.97 Å². The zero-order valence-electron chi connectivity index (χ0n) is 20.2. The van der Waals surface area contributed by atoms with Crippen LogP contribution in [0, 0.1) is 0 Å². The lowest BCUT2D eigenvalue weighted by molar-refractivity contribution is -0.152. The van der Waals surface area contributed by atoms with E-state index in [1.54, 1.807) is 45.1 Å². The van der Waals surface area contributed by atoms with Crippen molar-refractivity contribution in [3.63, 3.8) is 0 Å². The van der Waals surface area contributed by atoms with Crippen LogP contribution in [-0.2, 0) is 28.5 Å². The van der Waals surface area contributed by atoms with Crippen LogP contribution in [0.4, 0.5) is 0 Å². The smallest absolute Gasteiger partial charge is 0.342 e. The van der Waals surface area contributed by atoms with E-state index in [0.29, 0.717) is 24.2 Å². The third kappa shape index (κ3) is 6.66. The van der Waals surface area contributed by atoms with Crippen LogP contribution in [0.15, 0.2) is 30.4 Å². The molecule has 1 fully saturated rings. The second-order valence-electron chi connectivity index (χ2n) is 8.48. The molecule has 0 amide bonds. The zero-order chi connectivity index (χ0) is 24.7. The summed E-state index contributed by atoms with van der Waals surface area (Å²) in [5.74, 6) is -0.938. The molecule has 186 valence electrons. The minimum atomic E-state index is -0.882. The van der Waals surface area contributed by atoms with Crippen molar-refractivity contribution >= 4 is 17.8 Å². The van der Waals surface area contributed by atoms with Crippen LogP contribution < -0.4 is 9.47 Å². The summed E-state index contributed by atoms with van der Waals surface area (Å²) in [7, 11) is 3.00. The molecule has 3 atom stereocenters. The van der Waals surface area contributed by atoms with Crippen molar-refractivity contribution in [2.24, 2.45) is 0 Å². The standard InChI is InChI=1S/C25H32O9/c1-16-8-6-10-19(26)23-20(33-25(2,3)34-23)11-7-9-17-12-18(30-14-28-4)13-21(31-15-29-5)22(17)24(27)32-16/h6-7,9-10,12-13,16,20,23H,8,11,14-15H2,1-5H3/b9-7?,10-6-/t16-,20-,23+/m0/s1. The normalized spacial score (nSPS) is 25.6. The molecule has 3 rings (SSSR count). The molecule has 1 aromatic rings. The van der Waals surface area contributed by atoms with E-state index in [1.807, 2.05) is 6.08 Å². The molecule has 0 saturated carbocycles. The van der Waals surface area contributed by atoms with E-state index in [2.05, 4.69) is 0 Å². The maximum Gasteiger partial charge on any atom is 0.342 e. The van der Waals surface area contributed by atoms with Crippen molar-refractivity contribution in [3.8, 4) is 11.5 Å². The molecule has 0 spiro atoms. The van der Waals surface area contributed by atoms with E-state index in [0.717, 1.165) is 0 Å². The van der Waals surface area contributed by atoms with E-state index >= 15 is 0 Å². The monoisotopic (exact) mass is 476 g/mol. The van der Waals surface area contributed by atoms with E-state index in [1.165, 1.54) is 20.3 Å². The van der Waals surface area contributed by atoms with Gasteiger partial charge in [0, 0.05) is 26.7 Å². The number of carbonyl (C=O) groups is 2. The van der Waals surface area contributed by atoms with Gasteiger partial charge in [-0.15, -0.1) is 0 Å².